The zero-order chi connectivity index (χ0) is 20.6. The number of rotatable bonds is 3. The molecule has 1 saturated heterocycles. The van der Waals surface area contributed by atoms with Crippen molar-refractivity contribution in [3.8, 4) is 0 Å². The third kappa shape index (κ3) is 3.95. The highest BCUT2D eigenvalue weighted by molar-refractivity contribution is 5.98. The topological polar surface area (TPSA) is 49.4 Å². The van der Waals surface area contributed by atoms with Gasteiger partial charge in [0.1, 0.15) is 5.82 Å². The van der Waals surface area contributed by atoms with Crippen molar-refractivity contribution < 1.29 is 35.9 Å². The van der Waals surface area contributed by atoms with Crippen LogP contribution in [0.3, 0.4) is 0 Å². The van der Waals surface area contributed by atoms with Crippen LogP contribution in [0.4, 0.5) is 32.0 Å². The van der Waals surface area contributed by atoms with Gasteiger partial charge in [-0.25, -0.2) is 13.2 Å². The van der Waals surface area contributed by atoms with Gasteiger partial charge in [0.2, 0.25) is 5.91 Å². The Morgan fingerprint density at radius 3 is 2.18 bits per heavy atom. The van der Waals surface area contributed by atoms with Crippen LogP contribution >= 0.6 is 0 Å². The average Bonchev–Trinajstić information content (AvgIpc) is 2.56. The molecule has 0 aliphatic carbocycles. The molecule has 0 aromatic heterocycles. The predicted octanol–water partition coefficient (Wildman–Crippen LogP) is 3.83. The lowest BCUT2D eigenvalue weighted by molar-refractivity contribution is -0.140. The second-order valence-electron chi connectivity index (χ2n) is 6.22. The number of halogens is 6. The molecule has 28 heavy (non-hydrogen) atoms. The van der Waals surface area contributed by atoms with Gasteiger partial charge in [0.05, 0.1) is 11.5 Å². The molecular formula is C18H12F6N2O2. The van der Waals surface area contributed by atoms with E-state index in [0.29, 0.717) is 12.1 Å². The van der Waals surface area contributed by atoms with E-state index in [1.807, 2.05) is 0 Å². The van der Waals surface area contributed by atoms with Crippen LogP contribution in [0.5, 0.6) is 0 Å². The Morgan fingerprint density at radius 1 is 0.929 bits per heavy atom. The summed E-state index contributed by atoms with van der Waals surface area (Å²) in [5.41, 5.74) is -1.83. The van der Waals surface area contributed by atoms with Crippen LogP contribution in [0, 0.1) is 23.4 Å². The monoisotopic (exact) mass is 402 g/mol. The van der Waals surface area contributed by atoms with Crippen molar-refractivity contribution in [2.45, 2.75) is 6.18 Å². The van der Waals surface area contributed by atoms with Crippen LogP contribution in [0.15, 0.2) is 36.4 Å². The lowest BCUT2D eigenvalue weighted by atomic mass is 9.97. The molecule has 1 fully saturated rings. The predicted molar refractivity (Wildman–Crippen MR) is 85.8 cm³/mol. The van der Waals surface area contributed by atoms with Gasteiger partial charge < -0.3 is 10.2 Å². The van der Waals surface area contributed by atoms with E-state index in [4.69, 9.17) is 0 Å². The van der Waals surface area contributed by atoms with E-state index in [9.17, 15) is 35.9 Å². The molecule has 2 aromatic rings. The minimum atomic E-state index is -4.91. The highest BCUT2D eigenvalue weighted by Crippen LogP contribution is 2.33. The Balaban J connectivity index is 1.61. The zero-order valence-electron chi connectivity index (χ0n) is 14.0. The molecule has 0 bridgehead atoms. The lowest BCUT2D eigenvalue weighted by Crippen LogP contribution is -2.54. The van der Waals surface area contributed by atoms with E-state index < -0.39 is 46.9 Å². The van der Waals surface area contributed by atoms with E-state index in [2.05, 4.69) is 5.32 Å². The SMILES string of the molecule is O=C(Nc1ccc(F)c(C(F)(F)F)c1)C1CN(C(=O)c2ccc(F)c(F)c2)C1. The molecule has 0 saturated carbocycles. The van der Waals surface area contributed by atoms with Gasteiger partial charge in [0.25, 0.3) is 5.91 Å². The van der Waals surface area contributed by atoms with Gasteiger partial charge >= 0.3 is 6.18 Å². The van der Waals surface area contributed by atoms with Gasteiger partial charge in [-0.05, 0) is 36.4 Å². The van der Waals surface area contributed by atoms with E-state index in [-0.39, 0.29) is 24.3 Å². The molecular weight excluding hydrogens is 390 g/mol. The smallest absolute Gasteiger partial charge is 0.337 e. The van der Waals surface area contributed by atoms with Crippen molar-refractivity contribution in [1.82, 2.24) is 4.90 Å². The second kappa shape index (κ2) is 7.17. The zero-order valence-corrected chi connectivity index (χ0v) is 14.0. The molecule has 0 unspecified atom stereocenters. The second-order valence-corrected chi connectivity index (χ2v) is 6.22. The fraction of sp³-hybridized carbons (Fsp3) is 0.222. The summed E-state index contributed by atoms with van der Waals surface area (Å²) in [5.74, 6) is -5.70. The molecule has 1 aliphatic heterocycles. The number of nitrogens with one attached hydrogen (secondary N) is 1. The normalized spacial score (nSPS) is 14.6. The molecule has 2 aromatic carbocycles. The van der Waals surface area contributed by atoms with Crippen molar-refractivity contribution in [3.05, 3.63) is 65.0 Å². The van der Waals surface area contributed by atoms with Gasteiger partial charge in [-0.3, -0.25) is 9.59 Å². The number of nitrogens with zero attached hydrogens (tertiary/aromatic N) is 1. The molecule has 4 nitrogen and oxygen atoms in total. The van der Waals surface area contributed by atoms with Crippen LogP contribution < -0.4 is 5.32 Å². The van der Waals surface area contributed by atoms with Gasteiger partial charge in [0.15, 0.2) is 11.6 Å². The summed E-state index contributed by atoms with van der Waals surface area (Å²) >= 11 is 0. The van der Waals surface area contributed by atoms with E-state index >= 15 is 0 Å². The van der Waals surface area contributed by atoms with Gasteiger partial charge in [0, 0.05) is 24.3 Å². The van der Waals surface area contributed by atoms with Crippen LogP contribution in [0.1, 0.15) is 15.9 Å². The Bertz CT molecular complexity index is 938. The van der Waals surface area contributed by atoms with Crippen molar-refractivity contribution in [2.24, 2.45) is 5.92 Å². The molecule has 0 radical (unpaired) electrons. The first-order chi connectivity index (χ1) is 13.1. The van der Waals surface area contributed by atoms with Crippen LogP contribution in [0.2, 0.25) is 0 Å². The molecule has 148 valence electrons. The van der Waals surface area contributed by atoms with E-state index in [1.54, 1.807) is 0 Å². The fourth-order valence-electron chi connectivity index (χ4n) is 2.69. The van der Waals surface area contributed by atoms with Crippen LogP contribution in [-0.2, 0) is 11.0 Å². The third-order valence-corrected chi connectivity index (χ3v) is 4.25. The first-order valence-electron chi connectivity index (χ1n) is 7.98. The summed E-state index contributed by atoms with van der Waals surface area (Å²) in [5, 5.41) is 2.25. The molecule has 0 spiro atoms. The summed E-state index contributed by atoms with van der Waals surface area (Å²) in [4.78, 5) is 25.5. The highest BCUT2D eigenvalue weighted by Gasteiger charge is 2.37. The van der Waals surface area contributed by atoms with Gasteiger partial charge in [-0.1, -0.05) is 0 Å². The number of amides is 2. The number of alkyl halides is 3. The van der Waals surface area contributed by atoms with E-state index in [0.717, 1.165) is 24.3 Å². The quantitative estimate of drug-likeness (QED) is 0.794. The summed E-state index contributed by atoms with van der Waals surface area (Å²) < 4.78 is 77.5. The van der Waals surface area contributed by atoms with Crippen LogP contribution in [0.25, 0.3) is 0 Å². The largest absolute Gasteiger partial charge is 0.419 e. The first kappa shape index (κ1) is 19.7. The highest BCUT2D eigenvalue weighted by atomic mass is 19.4. The Labute approximate surface area is 154 Å². The minimum absolute atomic E-state index is 0.0447. The minimum Gasteiger partial charge on any atom is -0.337 e. The van der Waals surface area contributed by atoms with Crippen molar-refractivity contribution in [1.29, 1.82) is 0 Å². The van der Waals surface area contributed by atoms with Crippen molar-refractivity contribution in [3.63, 3.8) is 0 Å². The summed E-state index contributed by atoms with van der Waals surface area (Å²) in [6.07, 6.45) is -4.91. The van der Waals surface area contributed by atoms with Crippen LogP contribution in [-0.4, -0.2) is 29.8 Å². The molecule has 3 rings (SSSR count). The average molecular weight is 402 g/mol. The number of hydrogen-bond acceptors (Lipinski definition) is 2. The molecule has 1 N–H and O–H groups in total. The molecule has 10 heteroatoms. The standard InChI is InChI=1S/C18H12F6N2O2/c19-13-4-2-11(6-12(13)18(22,23)24)25-16(27)10-7-26(8-10)17(28)9-1-3-14(20)15(21)5-9/h1-6,10H,7-8H2,(H,25,27). The number of carbonyl (C=O) groups is 2. The Morgan fingerprint density at radius 2 is 1.57 bits per heavy atom. The van der Waals surface area contributed by atoms with Gasteiger partial charge in [-0.2, -0.15) is 13.2 Å². The molecule has 1 aliphatic rings. The maximum absolute atomic E-state index is 13.3. The number of benzene rings is 2. The van der Waals surface area contributed by atoms with E-state index in [1.165, 1.54) is 4.90 Å². The lowest BCUT2D eigenvalue weighted by Gasteiger charge is -2.38. The number of anilines is 1. The van der Waals surface area contributed by atoms with Gasteiger partial charge in [-0.15, -0.1) is 0 Å². The number of hydrogen-bond donors (Lipinski definition) is 1. The Kier molecular flexibility index (Phi) is 5.05. The molecule has 1 heterocycles. The maximum atomic E-state index is 13.3. The third-order valence-electron chi connectivity index (χ3n) is 4.25. The first-order valence-corrected chi connectivity index (χ1v) is 7.98. The fourth-order valence-corrected chi connectivity index (χ4v) is 2.69. The molecule has 0 atom stereocenters. The Hall–Kier alpha value is -3.04. The molecule has 2 amide bonds. The number of carbonyl (C=O) groups excluding carboxylic acids is 2. The number of likely N-dealkylation sites (tertiary alicyclic amines) is 1. The summed E-state index contributed by atoms with van der Waals surface area (Å²) in [6, 6.07) is 4.71. The van der Waals surface area contributed by atoms with Crippen molar-refractivity contribution in [2.75, 3.05) is 18.4 Å². The van der Waals surface area contributed by atoms with Crippen molar-refractivity contribution >= 4 is 17.5 Å². The summed E-state index contributed by atoms with van der Waals surface area (Å²) in [7, 11) is 0. The maximum Gasteiger partial charge on any atom is 0.419 e. The summed E-state index contributed by atoms with van der Waals surface area (Å²) in [6.45, 7) is -0.0893.